The Labute approximate surface area is 119 Å². The number of sulfonamides is 1. The van der Waals surface area contributed by atoms with Crippen molar-refractivity contribution in [1.29, 1.82) is 0 Å². The Bertz CT molecular complexity index is 530. The zero-order valence-corrected chi connectivity index (χ0v) is 12.7. The van der Waals surface area contributed by atoms with Crippen LogP contribution in [0.3, 0.4) is 0 Å². The van der Waals surface area contributed by atoms with Gasteiger partial charge in [-0.15, -0.1) is 0 Å². The summed E-state index contributed by atoms with van der Waals surface area (Å²) < 4.78 is 36.9. The van der Waals surface area contributed by atoms with E-state index in [-0.39, 0.29) is 17.2 Å². The largest absolute Gasteiger partial charge is 0.497 e. The molecule has 0 saturated carbocycles. The fourth-order valence-electron chi connectivity index (χ4n) is 1.71. The summed E-state index contributed by atoms with van der Waals surface area (Å²) in [5.41, 5.74) is 0. The number of aliphatic hydroxyl groups is 1. The van der Waals surface area contributed by atoms with Gasteiger partial charge in [0.25, 0.3) is 0 Å². The number of benzene rings is 1. The van der Waals surface area contributed by atoms with E-state index in [0.717, 1.165) is 6.42 Å². The van der Waals surface area contributed by atoms with E-state index in [2.05, 4.69) is 4.72 Å². The van der Waals surface area contributed by atoms with Gasteiger partial charge in [0.05, 0.1) is 20.3 Å². The van der Waals surface area contributed by atoms with E-state index in [4.69, 9.17) is 9.47 Å². The molecule has 0 radical (unpaired) electrons. The number of ether oxygens (including phenoxy) is 2. The van der Waals surface area contributed by atoms with Crippen molar-refractivity contribution in [3.63, 3.8) is 0 Å². The van der Waals surface area contributed by atoms with Crippen molar-refractivity contribution in [2.24, 2.45) is 0 Å². The van der Waals surface area contributed by atoms with Crippen LogP contribution in [-0.2, 0) is 10.0 Å². The molecule has 0 saturated heterocycles. The van der Waals surface area contributed by atoms with Crippen LogP contribution in [0.1, 0.15) is 19.8 Å². The fourth-order valence-corrected chi connectivity index (χ4v) is 2.97. The maximum Gasteiger partial charge on any atom is 0.244 e. The first kappa shape index (κ1) is 16.7. The standard InChI is InChI=1S/C13H21NO5S/c1-4-5-10(15)9-14-20(16,17)13-8-11(18-2)6-7-12(13)19-3/h6-8,10,14-15H,4-5,9H2,1-3H3. The lowest BCUT2D eigenvalue weighted by Gasteiger charge is -2.14. The molecule has 0 aromatic heterocycles. The molecule has 0 aliphatic heterocycles. The van der Waals surface area contributed by atoms with Gasteiger partial charge in [-0.2, -0.15) is 0 Å². The molecule has 6 nitrogen and oxygen atoms in total. The second-order valence-electron chi connectivity index (χ2n) is 4.31. The first-order valence-corrected chi connectivity index (χ1v) is 7.82. The fraction of sp³-hybridized carbons (Fsp3) is 0.538. The minimum absolute atomic E-state index is 0.0111. The predicted molar refractivity (Wildman–Crippen MR) is 75.6 cm³/mol. The third kappa shape index (κ3) is 4.36. The molecule has 0 fully saturated rings. The Balaban J connectivity index is 2.96. The quantitative estimate of drug-likeness (QED) is 0.752. The van der Waals surface area contributed by atoms with Gasteiger partial charge >= 0.3 is 0 Å². The zero-order chi connectivity index (χ0) is 15.2. The number of nitrogens with one attached hydrogen (secondary N) is 1. The third-order valence-corrected chi connectivity index (χ3v) is 4.24. The Hall–Kier alpha value is -1.31. The molecule has 0 bridgehead atoms. The lowest BCUT2D eigenvalue weighted by Crippen LogP contribution is -2.32. The van der Waals surface area contributed by atoms with Gasteiger partial charge in [-0.25, -0.2) is 13.1 Å². The number of aliphatic hydroxyl groups excluding tert-OH is 1. The van der Waals surface area contributed by atoms with E-state index in [1.807, 2.05) is 6.92 Å². The smallest absolute Gasteiger partial charge is 0.244 e. The average Bonchev–Trinajstić information content (AvgIpc) is 2.45. The van der Waals surface area contributed by atoms with Crippen molar-refractivity contribution in [1.82, 2.24) is 4.72 Å². The van der Waals surface area contributed by atoms with Crippen LogP contribution in [0, 0.1) is 0 Å². The van der Waals surface area contributed by atoms with Gasteiger partial charge in [0.15, 0.2) is 0 Å². The molecule has 1 atom stereocenters. The normalized spacial score (nSPS) is 13.0. The van der Waals surface area contributed by atoms with Crippen LogP contribution in [0.2, 0.25) is 0 Å². The maximum absolute atomic E-state index is 12.2. The van der Waals surface area contributed by atoms with E-state index in [1.165, 1.54) is 26.4 Å². The van der Waals surface area contributed by atoms with Crippen LogP contribution in [-0.4, -0.2) is 40.4 Å². The van der Waals surface area contributed by atoms with Crippen LogP contribution < -0.4 is 14.2 Å². The number of rotatable bonds is 8. The summed E-state index contributed by atoms with van der Waals surface area (Å²) >= 11 is 0. The summed E-state index contributed by atoms with van der Waals surface area (Å²) in [4.78, 5) is -0.0111. The summed E-state index contributed by atoms with van der Waals surface area (Å²) in [5.74, 6) is 0.642. The van der Waals surface area contributed by atoms with E-state index < -0.39 is 16.1 Å². The van der Waals surface area contributed by atoms with Gasteiger partial charge in [0.2, 0.25) is 10.0 Å². The number of methoxy groups -OCH3 is 2. The highest BCUT2D eigenvalue weighted by molar-refractivity contribution is 7.89. The Morgan fingerprint density at radius 3 is 2.55 bits per heavy atom. The Morgan fingerprint density at radius 1 is 1.30 bits per heavy atom. The molecular formula is C13H21NO5S. The lowest BCUT2D eigenvalue weighted by molar-refractivity contribution is 0.167. The predicted octanol–water partition coefficient (Wildman–Crippen LogP) is 1.14. The minimum atomic E-state index is -3.76. The second kappa shape index (κ2) is 7.47. The van der Waals surface area contributed by atoms with Gasteiger partial charge < -0.3 is 14.6 Å². The monoisotopic (exact) mass is 303 g/mol. The first-order chi connectivity index (χ1) is 9.44. The minimum Gasteiger partial charge on any atom is -0.497 e. The number of hydrogen-bond acceptors (Lipinski definition) is 5. The first-order valence-electron chi connectivity index (χ1n) is 6.34. The molecule has 1 rings (SSSR count). The van der Waals surface area contributed by atoms with Crippen LogP contribution in [0.5, 0.6) is 11.5 Å². The van der Waals surface area contributed by atoms with Gasteiger partial charge in [0.1, 0.15) is 16.4 Å². The van der Waals surface area contributed by atoms with Crippen LogP contribution >= 0.6 is 0 Å². The van der Waals surface area contributed by atoms with Gasteiger partial charge in [-0.1, -0.05) is 13.3 Å². The maximum atomic E-state index is 12.2. The summed E-state index contributed by atoms with van der Waals surface area (Å²) in [7, 11) is -0.913. The highest BCUT2D eigenvalue weighted by atomic mass is 32.2. The van der Waals surface area contributed by atoms with Gasteiger partial charge in [0, 0.05) is 12.6 Å². The van der Waals surface area contributed by atoms with Crippen molar-refractivity contribution in [2.45, 2.75) is 30.8 Å². The molecule has 20 heavy (non-hydrogen) atoms. The third-order valence-electron chi connectivity index (χ3n) is 2.79. The van der Waals surface area contributed by atoms with Crippen LogP contribution in [0.15, 0.2) is 23.1 Å². The van der Waals surface area contributed by atoms with E-state index in [9.17, 15) is 13.5 Å². The highest BCUT2D eigenvalue weighted by Crippen LogP contribution is 2.27. The lowest BCUT2D eigenvalue weighted by atomic mass is 10.2. The molecule has 0 aliphatic rings. The van der Waals surface area contributed by atoms with E-state index in [0.29, 0.717) is 12.2 Å². The molecule has 7 heteroatoms. The molecular weight excluding hydrogens is 282 g/mol. The molecule has 114 valence electrons. The molecule has 1 aromatic rings. The summed E-state index contributed by atoms with van der Waals surface area (Å²) in [6.45, 7) is 1.89. The average molecular weight is 303 g/mol. The van der Waals surface area contributed by atoms with Crippen molar-refractivity contribution in [2.75, 3.05) is 20.8 Å². The van der Waals surface area contributed by atoms with Gasteiger partial charge in [-0.05, 0) is 18.6 Å². The summed E-state index contributed by atoms with van der Waals surface area (Å²) in [6.07, 6.45) is 0.620. The number of hydrogen-bond donors (Lipinski definition) is 2. The summed E-state index contributed by atoms with van der Waals surface area (Å²) in [6, 6.07) is 4.52. The van der Waals surface area contributed by atoms with Crippen LogP contribution in [0.25, 0.3) is 0 Å². The SMILES string of the molecule is CCCC(O)CNS(=O)(=O)c1cc(OC)ccc1OC. The van der Waals surface area contributed by atoms with Crippen molar-refractivity contribution >= 4 is 10.0 Å². The Kier molecular flexibility index (Phi) is 6.25. The summed E-state index contributed by atoms with van der Waals surface area (Å²) in [5, 5.41) is 9.60. The van der Waals surface area contributed by atoms with E-state index in [1.54, 1.807) is 6.07 Å². The van der Waals surface area contributed by atoms with Crippen molar-refractivity contribution < 1.29 is 23.0 Å². The van der Waals surface area contributed by atoms with E-state index >= 15 is 0 Å². The zero-order valence-electron chi connectivity index (χ0n) is 11.9. The molecule has 1 unspecified atom stereocenters. The molecule has 0 heterocycles. The topological polar surface area (TPSA) is 84.9 Å². The molecule has 1 aromatic carbocycles. The molecule has 2 N–H and O–H groups in total. The Morgan fingerprint density at radius 2 is 2.00 bits per heavy atom. The molecule has 0 spiro atoms. The van der Waals surface area contributed by atoms with Crippen LogP contribution in [0.4, 0.5) is 0 Å². The molecule has 0 aliphatic carbocycles. The highest BCUT2D eigenvalue weighted by Gasteiger charge is 2.21. The van der Waals surface area contributed by atoms with Gasteiger partial charge in [-0.3, -0.25) is 0 Å². The second-order valence-corrected chi connectivity index (χ2v) is 6.05. The van der Waals surface area contributed by atoms with Crippen molar-refractivity contribution in [3.05, 3.63) is 18.2 Å². The van der Waals surface area contributed by atoms with Crippen molar-refractivity contribution in [3.8, 4) is 11.5 Å². The molecule has 0 amide bonds.